The first kappa shape index (κ1) is 14.9. The maximum absolute atomic E-state index is 12.6. The maximum atomic E-state index is 12.6. The third-order valence-corrected chi connectivity index (χ3v) is 5.04. The van der Waals surface area contributed by atoms with Crippen molar-refractivity contribution in [3.8, 4) is 6.07 Å². The van der Waals surface area contributed by atoms with Gasteiger partial charge >= 0.3 is 0 Å². The summed E-state index contributed by atoms with van der Waals surface area (Å²) >= 11 is 0. The number of anilines is 2. The molecular formula is C15H15N3O2S. The molecule has 0 bridgehead atoms. The molecule has 6 heteroatoms. The second kappa shape index (κ2) is 5.46. The summed E-state index contributed by atoms with van der Waals surface area (Å²) in [5.74, 6) is 0. The van der Waals surface area contributed by atoms with Crippen molar-refractivity contribution in [3.63, 3.8) is 0 Å². The lowest BCUT2D eigenvalue weighted by molar-refractivity contribution is 0.594. The highest BCUT2D eigenvalue weighted by Gasteiger charge is 2.21. The van der Waals surface area contributed by atoms with Crippen molar-refractivity contribution in [2.45, 2.75) is 11.8 Å². The first-order valence-electron chi connectivity index (χ1n) is 6.21. The molecule has 0 aliphatic rings. The van der Waals surface area contributed by atoms with Gasteiger partial charge in [0.1, 0.15) is 0 Å². The van der Waals surface area contributed by atoms with Crippen LogP contribution in [-0.2, 0) is 10.0 Å². The van der Waals surface area contributed by atoms with Crippen LogP contribution in [0.2, 0.25) is 0 Å². The van der Waals surface area contributed by atoms with Gasteiger partial charge in [0, 0.05) is 12.7 Å². The summed E-state index contributed by atoms with van der Waals surface area (Å²) in [4.78, 5) is 0.182. The standard InChI is InChI=1S/C15H15N3O2S/c1-11-9-14(7-8-15(11)17)21(19,20)18(2)13-5-3-12(10-16)4-6-13/h3-9H,17H2,1-2H3. The highest BCUT2D eigenvalue weighted by atomic mass is 32.2. The van der Waals surface area contributed by atoms with Gasteiger partial charge in [-0.25, -0.2) is 8.42 Å². The molecule has 0 atom stereocenters. The lowest BCUT2D eigenvalue weighted by atomic mass is 10.2. The minimum Gasteiger partial charge on any atom is -0.399 e. The molecule has 0 aromatic heterocycles. The maximum Gasteiger partial charge on any atom is 0.264 e. The zero-order chi connectivity index (χ0) is 15.6. The Morgan fingerprint density at radius 3 is 2.29 bits per heavy atom. The Labute approximate surface area is 124 Å². The van der Waals surface area contributed by atoms with Gasteiger partial charge in [0.15, 0.2) is 0 Å². The predicted octanol–water partition coefficient (Wildman–Crippen LogP) is 2.27. The van der Waals surface area contributed by atoms with E-state index >= 15 is 0 Å². The number of aryl methyl sites for hydroxylation is 1. The lowest BCUT2D eigenvalue weighted by Crippen LogP contribution is -2.26. The van der Waals surface area contributed by atoms with Gasteiger partial charge in [-0.2, -0.15) is 5.26 Å². The largest absolute Gasteiger partial charge is 0.399 e. The van der Waals surface area contributed by atoms with Crippen molar-refractivity contribution < 1.29 is 8.42 Å². The fourth-order valence-corrected chi connectivity index (χ4v) is 3.13. The summed E-state index contributed by atoms with van der Waals surface area (Å²) in [7, 11) is -2.18. The van der Waals surface area contributed by atoms with Crippen LogP contribution in [-0.4, -0.2) is 15.5 Å². The Hall–Kier alpha value is -2.52. The zero-order valence-corrected chi connectivity index (χ0v) is 12.6. The quantitative estimate of drug-likeness (QED) is 0.881. The number of benzene rings is 2. The summed E-state index contributed by atoms with van der Waals surface area (Å²) in [6.45, 7) is 1.76. The summed E-state index contributed by atoms with van der Waals surface area (Å²) in [6.07, 6.45) is 0. The molecule has 0 amide bonds. The van der Waals surface area contributed by atoms with Gasteiger partial charge < -0.3 is 5.73 Å². The molecule has 0 aliphatic carbocycles. The van der Waals surface area contributed by atoms with Gasteiger partial charge in [-0.3, -0.25) is 4.31 Å². The monoisotopic (exact) mass is 301 g/mol. The van der Waals surface area contributed by atoms with Crippen molar-refractivity contribution in [2.75, 3.05) is 17.1 Å². The van der Waals surface area contributed by atoms with E-state index in [0.29, 0.717) is 22.5 Å². The van der Waals surface area contributed by atoms with E-state index in [9.17, 15) is 8.42 Å². The van der Waals surface area contributed by atoms with Gasteiger partial charge in [-0.05, 0) is 55.0 Å². The van der Waals surface area contributed by atoms with Crippen LogP contribution in [0.4, 0.5) is 11.4 Å². The molecule has 0 saturated carbocycles. The van der Waals surface area contributed by atoms with Crippen LogP contribution in [0.25, 0.3) is 0 Å². The molecule has 2 aromatic carbocycles. The molecule has 2 rings (SSSR count). The second-order valence-electron chi connectivity index (χ2n) is 4.65. The number of sulfonamides is 1. The number of hydrogen-bond donors (Lipinski definition) is 1. The summed E-state index contributed by atoms with van der Waals surface area (Å²) in [5.41, 5.74) is 7.94. The Morgan fingerprint density at radius 1 is 1.14 bits per heavy atom. The van der Waals surface area contributed by atoms with Crippen molar-refractivity contribution >= 4 is 21.4 Å². The zero-order valence-electron chi connectivity index (χ0n) is 11.7. The van der Waals surface area contributed by atoms with E-state index < -0.39 is 10.0 Å². The second-order valence-corrected chi connectivity index (χ2v) is 6.62. The molecule has 0 heterocycles. The molecule has 2 N–H and O–H groups in total. The van der Waals surface area contributed by atoms with Gasteiger partial charge in [0.25, 0.3) is 10.0 Å². The number of nitrogens with two attached hydrogens (primary N) is 1. The first-order chi connectivity index (χ1) is 9.86. The molecular weight excluding hydrogens is 286 g/mol. The van der Waals surface area contributed by atoms with Crippen molar-refractivity contribution in [1.82, 2.24) is 0 Å². The van der Waals surface area contributed by atoms with Gasteiger partial charge in [-0.15, -0.1) is 0 Å². The van der Waals surface area contributed by atoms with Gasteiger partial charge in [0.05, 0.1) is 22.2 Å². The first-order valence-corrected chi connectivity index (χ1v) is 7.65. The summed E-state index contributed by atoms with van der Waals surface area (Å²) in [6, 6.07) is 13.0. The summed E-state index contributed by atoms with van der Waals surface area (Å²) in [5, 5.41) is 8.77. The van der Waals surface area contributed by atoms with E-state index in [1.165, 1.54) is 17.4 Å². The van der Waals surface area contributed by atoms with E-state index in [-0.39, 0.29) is 4.90 Å². The van der Waals surface area contributed by atoms with Crippen molar-refractivity contribution in [1.29, 1.82) is 5.26 Å². The Balaban J connectivity index is 2.42. The van der Waals surface area contributed by atoms with E-state index in [1.807, 2.05) is 6.07 Å². The molecule has 108 valence electrons. The van der Waals surface area contributed by atoms with Crippen molar-refractivity contribution in [3.05, 3.63) is 53.6 Å². The number of nitrogen functional groups attached to an aromatic ring is 1. The van der Waals surface area contributed by atoms with Crippen LogP contribution in [0.15, 0.2) is 47.4 Å². The molecule has 0 unspecified atom stereocenters. The fourth-order valence-electron chi connectivity index (χ4n) is 1.85. The van der Waals surface area contributed by atoms with E-state index in [2.05, 4.69) is 0 Å². The fraction of sp³-hybridized carbons (Fsp3) is 0.133. The minimum atomic E-state index is -3.66. The number of hydrogen-bond acceptors (Lipinski definition) is 4. The van der Waals surface area contributed by atoms with Crippen LogP contribution < -0.4 is 10.0 Å². The third kappa shape index (κ3) is 2.83. The molecule has 0 spiro atoms. The van der Waals surface area contributed by atoms with Crippen LogP contribution in [0.5, 0.6) is 0 Å². The van der Waals surface area contributed by atoms with Crippen LogP contribution in [0.3, 0.4) is 0 Å². The Kier molecular flexibility index (Phi) is 3.87. The number of nitrogens with zero attached hydrogens (tertiary/aromatic N) is 2. The topological polar surface area (TPSA) is 87.2 Å². The summed E-state index contributed by atoms with van der Waals surface area (Å²) < 4.78 is 26.3. The normalized spacial score (nSPS) is 10.9. The van der Waals surface area contributed by atoms with Crippen molar-refractivity contribution in [2.24, 2.45) is 0 Å². The van der Waals surface area contributed by atoms with E-state index in [0.717, 1.165) is 0 Å². The van der Waals surface area contributed by atoms with Gasteiger partial charge in [0.2, 0.25) is 0 Å². The highest BCUT2D eigenvalue weighted by Crippen LogP contribution is 2.24. The molecule has 2 aromatic rings. The molecule has 0 aliphatic heterocycles. The SMILES string of the molecule is Cc1cc(S(=O)(=O)N(C)c2ccc(C#N)cc2)ccc1N. The number of nitriles is 1. The van der Waals surface area contributed by atoms with Crippen LogP contribution in [0, 0.1) is 18.3 Å². The average molecular weight is 301 g/mol. The molecule has 21 heavy (non-hydrogen) atoms. The van der Waals surface area contributed by atoms with E-state index in [4.69, 9.17) is 11.0 Å². The minimum absolute atomic E-state index is 0.182. The Bertz CT molecular complexity index is 806. The molecule has 0 saturated heterocycles. The molecule has 0 fully saturated rings. The van der Waals surface area contributed by atoms with E-state index in [1.54, 1.807) is 43.3 Å². The smallest absolute Gasteiger partial charge is 0.264 e. The number of rotatable bonds is 3. The highest BCUT2D eigenvalue weighted by molar-refractivity contribution is 7.92. The predicted molar refractivity (Wildman–Crippen MR) is 82.3 cm³/mol. The third-order valence-electron chi connectivity index (χ3n) is 3.26. The molecule has 5 nitrogen and oxygen atoms in total. The van der Waals surface area contributed by atoms with Crippen LogP contribution in [0.1, 0.15) is 11.1 Å². The average Bonchev–Trinajstić information content (AvgIpc) is 2.49. The van der Waals surface area contributed by atoms with Gasteiger partial charge in [-0.1, -0.05) is 0 Å². The molecule has 0 radical (unpaired) electrons. The Morgan fingerprint density at radius 2 is 1.76 bits per heavy atom. The lowest BCUT2D eigenvalue weighted by Gasteiger charge is -2.20. The van der Waals surface area contributed by atoms with Crippen LogP contribution >= 0.6 is 0 Å².